The van der Waals surface area contributed by atoms with Gasteiger partial charge < -0.3 is 10.2 Å². The molecule has 2 amide bonds. The molecule has 1 aromatic heterocycles. The first kappa shape index (κ1) is 17.9. The van der Waals surface area contributed by atoms with E-state index in [4.69, 9.17) is 0 Å². The van der Waals surface area contributed by atoms with E-state index in [1.54, 1.807) is 18.2 Å². The van der Waals surface area contributed by atoms with E-state index in [-0.39, 0.29) is 17.9 Å². The second-order valence-electron chi connectivity index (χ2n) is 7.57. The third-order valence-electron chi connectivity index (χ3n) is 5.34. The predicted octanol–water partition coefficient (Wildman–Crippen LogP) is 3.41. The van der Waals surface area contributed by atoms with Crippen LogP contribution in [0.3, 0.4) is 0 Å². The predicted molar refractivity (Wildman–Crippen MR) is 97.5 cm³/mol. The highest BCUT2D eigenvalue weighted by Crippen LogP contribution is 2.19. The molecule has 0 radical (unpaired) electrons. The number of nitrogens with zero attached hydrogens (tertiary/aromatic N) is 2. The minimum absolute atomic E-state index is 0.0596. The SMILES string of the molecule is CC1CCCN(C(=O)c2cccc(C(=O)NC3CCCCCC3)n2)C1. The van der Waals surface area contributed by atoms with E-state index in [1.165, 1.54) is 32.1 Å². The maximum atomic E-state index is 12.7. The van der Waals surface area contributed by atoms with Crippen LogP contribution in [0.25, 0.3) is 0 Å². The zero-order chi connectivity index (χ0) is 17.6. The average molecular weight is 343 g/mol. The summed E-state index contributed by atoms with van der Waals surface area (Å²) < 4.78 is 0. The smallest absolute Gasteiger partial charge is 0.272 e. The van der Waals surface area contributed by atoms with Gasteiger partial charge in [-0.15, -0.1) is 0 Å². The van der Waals surface area contributed by atoms with Crippen molar-refractivity contribution in [3.05, 3.63) is 29.6 Å². The number of piperidine rings is 1. The standard InChI is InChI=1S/C20H29N3O2/c1-15-8-7-13-23(14-15)20(25)18-12-6-11-17(22-18)19(24)21-16-9-4-2-3-5-10-16/h6,11-12,15-16H,2-5,7-10,13-14H2,1H3,(H,21,24). The third-order valence-corrected chi connectivity index (χ3v) is 5.34. The van der Waals surface area contributed by atoms with Gasteiger partial charge in [0.2, 0.25) is 0 Å². The van der Waals surface area contributed by atoms with Gasteiger partial charge in [-0.3, -0.25) is 9.59 Å². The van der Waals surface area contributed by atoms with Gasteiger partial charge in [0, 0.05) is 19.1 Å². The van der Waals surface area contributed by atoms with Gasteiger partial charge in [-0.1, -0.05) is 38.7 Å². The van der Waals surface area contributed by atoms with Crippen LogP contribution >= 0.6 is 0 Å². The molecule has 5 heteroatoms. The highest BCUT2D eigenvalue weighted by molar-refractivity contribution is 5.96. The van der Waals surface area contributed by atoms with Crippen molar-refractivity contribution in [1.82, 2.24) is 15.2 Å². The Morgan fingerprint density at radius 3 is 2.48 bits per heavy atom. The fraction of sp³-hybridized carbons (Fsp3) is 0.650. The normalized spacial score (nSPS) is 22.3. The topological polar surface area (TPSA) is 62.3 Å². The van der Waals surface area contributed by atoms with E-state index in [1.807, 2.05) is 4.90 Å². The Hall–Kier alpha value is -1.91. The molecule has 1 aliphatic carbocycles. The Bertz CT molecular complexity index is 609. The summed E-state index contributed by atoms with van der Waals surface area (Å²) in [5.74, 6) is 0.309. The van der Waals surface area contributed by atoms with E-state index in [0.717, 1.165) is 32.4 Å². The number of rotatable bonds is 3. The van der Waals surface area contributed by atoms with E-state index in [2.05, 4.69) is 17.2 Å². The first-order valence-corrected chi connectivity index (χ1v) is 9.70. The Labute approximate surface area is 150 Å². The van der Waals surface area contributed by atoms with Crippen LogP contribution in [0.15, 0.2) is 18.2 Å². The maximum Gasteiger partial charge on any atom is 0.272 e. The van der Waals surface area contributed by atoms with Gasteiger partial charge >= 0.3 is 0 Å². The number of pyridine rings is 1. The summed E-state index contributed by atoms with van der Waals surface area (Å²) in [6.45, 7) is 3.73. The second-order valence-corrected chi connectivity index (χ2v) is 7.57. The summed E-state index contributed by atoms with van der Waals surface area (Å²) in [4.78, 5) is 31.4. The molecule has 2 aliphatic rings. The Kier molecular flexibility index (Phi) is 6.05. The summed E-state index contributed by atoms with van der Waals surface area (Å²) in [7, 11) is 0. The van der Waals surface area contributed by atoms with Crippen molar-refractivity contribution in [2.45, 2.75) is 64.3 Å². The van der Waals surface area contributed by atoms with Crippen molar-refractivity contribution in [3.8, 4) is 0 Å². The first-order valence-electron chi connectivity index (χ1n) is 9.70. The van der Waals surface area contributed by atoms with Crippen molar-refractivity contribution < 1.29 is 9.59 Å². The number of aromatic nitrogens is 1. The van der Waals surface area contributed by atoms with Gasteiger partial charge in [0.15, 0.2) is 0 Å². The molecule has 0 spiro atoms. The number of hydrogen-bond acceptors (Lipinski definition) is 3. The van der Waals surface area contributed by atoms with Crippen molar-refractivity contribution in [3.63, 3.8) is 0 Å². The van der Waals surface area contributed by atoms with Crippen LogP contribution in [0.1, 0.15) is 79.3 Å². The number of carbonyl (C=O) groups is 2. The number of likely N-dealkylation sites (tertiary alicyclic amines) is 1. The van der Waals surface area contributed by atoms with Crippen LogP contribution < -0.4 is 5.32 Å². The molecule has 5 nitrogen and oxygen atoms in total. The van der Waals surface area contributed by atoms with Crippen LogP contribution in [0, 0.1) is 5.92 Å². The van der Waals surface area contributed by atoms with Gasteiger partial charge in [-0.2, -0.15) is 0 Å². The van der Waals surface area contributed by atoms with Gasteiger partial charge in [0.25, 0.3) is 11.8 Å². The van der Waals surface area contributed by atoms with Crippen molar-refractivity contribution in [2.75, 3.05) is 13.1 Å². The quantitative estimate of drug-likeness (QED) is 0.856. The lowest BCUT2D eigenvalue weighted by Crippen LogP contribution is -2.40. The second kappa shape index (κ2) is 8.45. The summed E-state index contributed by atoms with van der Waals surface area (Å²) in [5.41, 5.74) is 0.725. The first-order chi connectivity index (χ1) is 12.1. The molecule has 1 saturated heterocycles. The largest absolute Gasteiger partial charge is 0.348 e. The molecule has 1 aromatic rings. The van der Waals surface area contributed by atoms with Gasteiger partial charge in [0.1, 0.15) is 11.4 Å². The molecule has 1 atom stereocenters. The molecule has 3 rings (SSSR count). The summed E-state index contributed by atoms with van der Waals surface area (Å²) in [6, 6.07) is 5.40. The minimum Gasteiger partial charge on any atom is -0.348 e. The Balaban J connectivity index is 1.65. The lowest BCUT2D eigenvalue weighted by molar-refractivity contribution is 0.0677. The van der Waals surface area contributed by atoms with Crippen LogP contribution in [-0.2, 0) is 0 Å². The number of amides is 2. The molecule has 136 valence electrons. The molecule has 0 bridgehead atoms. The fourth-order valence-corrected chi connectivity index (χ4v) is 3.90. The van der Waals surface area contributed by atoms with Gasteiger partial charge in [0.05, 0.1) is 0 Å². The monoisotopic (exact) mass is 343 g/mol. The molecule has 25 heavy (non-hydrogen) atoms. The molecule has 2 heterocycles. The molecule has 2 fully saturated rings. The summed E-state index contributed by atoms with van der Waals surface area (Å²) >= 11 is 0. The molecule has 1 saturated carbocycles. The minimum atomic E-state index is -0.159. The van der Waals surface area contributed by atoms with E-state index in [0.29, 0.717) is 17.3 Å². The Morgan fingerprint density at radius 1 is 1.04 bits per heavy atom. The molecule has 0 aromatic carbocycles. The lowest BCUT2D eigenvalue weighted by Gasteiger charge is -2.30. The van der Waals surface area contributed by atoms with Crippen LogP contribution in [0.2, 0.25) is 0 Å². The fourth-order valence-electron chi connectivity index (χ4n) is 3.90. The van der Waals surface area contributed by atoms with Crippen LogP contribution in [-0.4, -0.2) is 40.8 Å². The summed E-state index contributed by atoms with van der Waals surface area (Å²) in [5, 5.41) is 3.10. The summed E-state index contributed by atoms with van der Waals surface area (Å²) in [6.07, 6.45) is 9.13. The third kappa shape index (κ3) is 4.80. The van der Waals surface area contributed by atoms with Gasteiger partial charge in [-0.05, 0) is 43.7 Å². The Morgan fingerprint density at radius 2 is 1.76 bits per heavy atom. The van der Waals surface area contributed by atoms with E-state index < -0.39 is 0 Å². The van der Waals surface area contributed by atoms with E-state index in [9.17, 15) is 9.59 Å². The molecule has 1 aliphatic heterocycles. The van der Waals surface area contributed by atoms with Crippen LogP contribution in [0.4, 0.5) is 0 Å². The number of nitrogens with one attached hydrogen (secondary N) is 1. The highest BCUT2D eigenvalue weighted by Gasteiger charge is 2.24. The van der Waals surface area contributed by atoms with E-state index >= 15 is 0 Å². The molecule has 1 unspecified atom stereocenters. The van der Waals surface area contributed by atoms with Crippen molar-refractivity contribution >= 4 is 11.8 Å². The maximum absolute atomic E-state index is 12.7. The van der Waals surface area contributed by atoms with Crippen molar-refractivity contribution in [2.24, 2.45) is 5.92 Å². The molecular formula is C20H29N3O2. The number of carbonyl (C=O) groups excluding carboxylic acids is 2. The zero-order valence-corrected chi connectivity index (χ0v) is 15.2. The highest BCUT2D eigenvalue weighted by atomic mass is 16.2. The number of hydrogen-bond donors (Lipinski definition) is 1. The zero-order valence-electron chi connectivity index (χ0n) is 15.2. The lowest BCUT2D eigenvalue weighted by atomic mass is 10.00. The van der Waals surface area contributed by atoms with Crippen molar-refractivity contribution in [1.29, 1.82) is 0 Å². The molecule has 1 N–H and O–H groups in total. The average Bonchev–Trinajstić information content (AvgIpc) is 2.90. The molecular weight excluding hydrogens is 314 g/mol. The van der Waals surface area contributed by atoms with Gasteiger partial charge in [-0.25, -0.2) is 4.98 Å². The van der Waals surface area contributed by atoms with Crippen LogP contribution in [0.5, 0.6) is 0 Å².